The zero-order valence-corrected chi connectivity index (χ0v) is 16.2. The minimum Gasteiger partial charge on any atom is -0.469 e. The number of carbonyl (C=O) groups excluding carboxylic acids is 2. The van der Waals surface area contributed by atoms with Crippen molar-refractivity contribution in [2.75, 3.05) is 12.4 Å². The van der Waals surface area contributed by atoms with Gasteiger partial charge >= 0.3 is 12.1 Å². The summed E-state index contributed by atoms with van der Waals surface area (Å²) >= 11 is 0. The van der Waals surface area contributed by atoms with Crippen LogP contribution in [0.15, 0.2) is 24.3 Å². The molecule has 142 valence electrons. The van der Waals surface area contributed by atoms with E-state index < -0.39 is 11.7 Å². The first kappa shape index (κ1) is 18.7. The van der Waals surface area contributed by atoms with Crippen LogP contribution < -0.4 is 5.32 Å². The molecular formula is C21H29NO4. The van der Waals surface area contributed by atoms with Crippen molar-refractivity contribution in [1.29, 1.82) is 0 Å². The Labute approximate surface area is 155 Å². The molecule has 0 spiro atoms. The van der Waals surface area contributed by atoms with Gasteiger partial charge in [-0.2, -0.15) is 0 Å². The van der Waals surface area contributed by atoms with Crippen LogP contribution >= 0.6 is 0 Å². The smallest absolute Gasteiger partial charge is 0.412 e. The van der Waals surface area contributed by atoms with Crippen LogP contribution in [0.3, 0.4) is 0 Å². The number of methoxy groups -OCH3 is 1. The van der Waals surface area contributed by atoms with E-state index in [2.05, 4.69) is 17.4 Å². The second-order valence-electron chi connectivity index (χ2n) is 8.76. The molecule has 0 saturated heterocycles. The van der Waals surface area contributed by atoms with Crippen molar-refractivity contribution in [3.63, 3.8) is 0 Å². The summed E-state index contributed by atoms with van der Waals surface area (Å²) in [6.45, 7) is 5.53. The maximum Gasteiger partial charge on any atom is 0.412 e. The number of nitrogens with one attached hydrogen (secondary N) is 1. The second kappa shape index (κ2) is 6.60. The summed E-state index contributed by atoms with van der Waals surface area (Å²) in [5.74, 6) is -0.0392. The summed E-state index contributed by atoms with van der Waals surface area (Å²) in [6, 6.07) is 8.07. The van der Waals surface area contributed by atoms with Gasteiger partial charge in [0, 0.05) is 5.69 Å². The Morgan fingerprint density at radius 3 is 1.96 bits per heavy atom. The molecule has 0 unspecified atom stereocenters. The van der Waals surface area contributed by atoms with E-state index in [4.69, 9.17) is 9.47 Å². The quantitative estimate of drug-likeness (QED) is 0.788. The van der Waals surface area contributed by atoms with Crippen LogP contribution in [0.4, 0.5) is 10.5 Å². The summed E-state index contributed by atoms with van der Waals surface area (Å²) in [7, 11) is 1.49. The highest BCUT2D eigenvalue weighted by atomic mass is 16.6. The summed E-state index contributed by atoms with van der Waals surface area (Å²) in [5, 5.41) is 2.78. The number of esters is 1. The molecule has 0 heterocycles. The van der Waals surface area contributed by atoms with E-state index in [0.29, 0.717) is 0 Å². The highest BCUT2D eigenvalue weighted by molar-refractivity contribution is 5.84. The zero-order chi connectivity index (χ0) is 19.0. The molecule has 5 heteroatoms. The molecule has 26 heavy (non-hydrogen) atoms. The average Bonchev–Trinajstić information content (AvgIpc) is 2.61. The van der Waals surface area contributed by atoms with Gasteiger partial charge < -0.3 is 9.47 Å². The molecule has 5 nitrogen and oxygen atoms in total. The predicted octanol–water partition coefficient (Wildman–Crippen LogP) is 4.80. The topological polar surface area (TPSA) is 64.6 Å². The largest absolute Gasteiger partial charge is 0.469 e. The van der Waals surface area contributed by atoms with Crippen molar-refractivity contribution in [1.82, 2.24) is 0 Å². The van der Waals surface area contributed by atoms with E-state index in [0.717, 1.165) is 44.2 Å². The molecule has 4 rings (SSSR count). The number of hydrogen-bond donors (Lipinski definition) is 1. The minimum atomic E-state index is -0.515. The molecule has 3 aliphatic carbocycles. The van der Waals surface area contributed by atoms with Crippen molar-refractivity contribution < 1.29 is 19.1 Å². The third kappa shape index (κ3) is 3.57. The minimum absolute atomic E-state index is 0.0392. The Morgan fingerprint density at radius 2 is 1.50 bits per heavy atom. The van der Waals surface area contributed by atoms with Gasteiger partial charge in [0.25, 0.3) is 0 Å². The number of amides is 1. The van der Waals surface area contributed by atoms with Crippen LogP contribution in [0.5, 0.6) is 0 Å². The van der Waals surface area contributed by atoms with Gasteiger partial charge in [0.15, 0.2) is 0 Å². The molecule has 1 N–H and O–H groups in total. The monoisotopic (exact) mass is 359 g/mol. The van der Waals surface area contributed by atoms with Gasteiger partial charge in [-0.25, -0.2) is 4.79 Å². The van der Waals surface area contributed by atoms with Crippen LogP contribution in [-0.2, 0) is 19.7 Å². The molecule has 2 bridgehead atoms. The fraction of sp³-hybridized carbons (Fsp3) is 0.619. The number of rotatable bonds is 3. The first-order chi connectivity index (χ1) is 12.2. The van der Waals surface area contributed by atoms with E-state index in [-0.39, 0.29) is 16.8 Å². The zero-order valence-electron chi connectivity index (χ0n) is 16.2. The van der Waals surface area contributed by atoms with E-state index >= 15 is 0 Å². The standard InChI is InChI=1S/C21H29NO4/c1-19(2,3)26-18(24)22-16-7-5-15(6-8-16)20-9-12-21(13-10-20,14-11-20)17(23)25-4/h5-8H,9-14H2,1-4H3,(H,22,24). The van der Waals surface area contributed by atoms with Gasteiger partial charge in [0.05, 0.1) is 12.5 Å². The second-order valence-corrected chi connectivity index (χ2v) is 8.76. The number of carbonyl (C=O) groups is 2. The highest BCUT2D eigenvalue weighted by Gasteiger charge is 2.53. The van der Waals surface area contributed by atoms with Gasteiger partial charge in [-0.3, -0.25) is 10.1 Å². The van der Waals surface area contributed by atoms with Crippen molar-refractivity contribution in [2.45, 2.75) is 70.3 Å². The molecule has 3 aliphatic rings. The van der Waals surface area contributed by atoms with E-state index in [9.17, 15) is 9.59 Å². The van der Waals surface area contributed by atoms with E-state index in [1.54, 1.807) is 0 Å². The van der Waals surface area contributed by atoms with Crippen LogP contribution in [-0.4, -0.2) is 24.8 Å². The molecule has 1 amide bonds. The molecule has 1 aromatic rings. The van der Waals surface area contributed by atoms with Gasteiger partial charge in [-0.05, 0) is 82.4 Å². The fourth-order valence-corrected chi connectivity index (χ4v) is 4.47. The molecule has 3 fully saturated rings. The van der Waals surface area contributed by atoms with Crippen molar-refractivity contribution in [2.24, 2.45) is 5.41 Å². The normalized spacial score (nSPS) is 27.7. The predicted molar refractivity (Wildman–Crippen MR) is 100 cm³/mol. The Bertz CT molecular complexity index is 662. The van der Waals surface area contributed by atoms with Crippen LogP contribution in [0.2, 0.25) is 0 Å². The third-order valence-corrected chi connectivity index (χ3v) is 6.01. The Balaban J connectivity index is 1.67. The lowest BCUT2D eigenvalue weighted by Gasteiger charge is -2.52. The van der Waals surface area contributed by atoms with Gasteiger partial charge in [0.2, 0.25) is 0 Å². The Hall–Kier alpha value is -2.04. The lowest BCUT2D eigenvalue weighted by Crippen LogP contribution is -2.48. The van der Waals surface area contributed by atoms with Crippen LogP contribution in [0.1, 0.15) is 64.9 Å². The summed E-state index contributed by atoms with van der Waals surface area (Å²) in [4.78, 5) is 24.0. The molecule has 0 atom stereocenters. The SMILES string of the molecule is COC(=O)C12CCC(c3ccc(NC(=O)OC(C)(C)C)cc3)(CC1)CC2. The molecule has 0 aromatic heterocycles. The van der Waals surface area contributed by atoms with Gasteiger partial charge in [-0.15, -0.1) is 0 Å². The molecule has 1 aromatic carbocycles. The average molecular weight is 359 g/mol. The molecule has 0 aliphatic heterocycles. The summed E-state index contributed by atoms with van der Waals surface area (Å²) in [5.41, 5.74) is 1.41. The lowest BCUT2D eigenvalue weighted by atomic mass is 9.52. The Morgan fingerprint density at radius 1 is 0.962 bits per heavy atom. The molecule has 3 saturated carbocycles. The maximum atomic E-state index is 12.2. The lowest BCUT2D eigenvalue weighted by molar-refractivity contribution is -0.160. The summed E-state index contributed by atoms with van der Waals surface area (Å²) in [6.07, 6.45) is 5.30. The number of hydrogen-bond acceptors (Lipinski definition) is 4. The summed E-state index contributed by atoms with van der Waals surface area (Å²) < 4.78 is 10.3. The van der Waals surface area contributed by atoms with Crippen LogP contribution in [0, 0.1) is 5.41 Å². The first-order valence-electron chi connectivity index (χ1n) is 9.37. The Kier molecular flexibility index (Phi) is 4.76. The number of ether oxygens (including phenoxy) is 2. The van der Waals surface area contributed by atoms with Crippen molar-refractivity contribution in [3.05, 3.63) is 29.8 Å². The maximum absolute atomic E-state index is 12.2. The van der Waals surface area contributed by atoms with Gasteiger partial charge in [-0.1, -0.05) is 12.1 Å². The first-order valence-corrected chi connectivity index (χ1v) is 9.37. The van der Waals surface area contributed by atoms with E-state index in [1.165, 1.54) is 12.7 Å². The molecule has 0 radical (unpaired) electrons. The number of benzene rings is 1. The van der Waals surface area contributed by atoms with Gasteiger partial charge in [0.1, 0.15) is 5.60 Å². The number of fused-ring (bicyclic) bond motifs is 3. The highest BCUT2D eigenvalue weighted by Crippen LogP contribution is 2.58. The fourth-order valence-electron chi connectivity index (χ4n) is 4.47. The molecular weight excluding hydrogens is 330 g/mol. The van der Waals surface area contributed by atoms with Crippen LogP contribution in [0.25, 0.3) is 0 Å². The van der Waals surface area contributed by atoms with Crippen molar-refractivity contribution in [3.8, 4) is 0 Å². The number of anilines is 1. The third-order valence-electron chi connectivity index (χ3n) is 6.01. The van der Waals surface area contributed by atoms with Crippen molar-refractivity contribution >= 4 is 17.7 Å². The van der Waals surface area contributed by atoms with E-state index in [1.807, 2.05) is 32.9 Å².